The first kappa shape index (κ1) is 12.9. The molecule has 2 N–H and O–H groups in total. The van der Waals surface area contributed by atoms with Crippen molar-refractivity contribution in [2.45, 2.75) is 62.8 Å². The smallest absolute Gasteiger partial charge is 0.101 e. The molecule has 0 bridgehead atoms. The molecule has 0 amide bonds. The van der Waals surface area contributed by atoms with E-state index >= 15 is 0 Å². The number of aromatic nitrogens is 1. The van der Waals surface area contributed by atoms with Crippen LogP contribution in [0.5, 0.6) is 0 Å². The molecule has 1 aromatic rings. The average molecular weight is 250 g/mol. The predicted octanol–water partition coefficient (Wildman–Crippen LogP) is 3.31. The minimum Gasteiger partial charge on any atom is -0.326 e. The van der Waals surface area contributed by atoms with Gasteiger partial charge in [-0.2, -0.15) is 0 Å². The van der Waals surface area contributed by atoms with Gasteiger partial charge in [-0.1, -0.05) is 19.9 Å². The van der Waals surface area contributed by atoms with Crippen LogP contribution >= 0.6 is 11.8 Å². The van der Waals surface area contributed by atoms with Gasteiger partial charge in [-0.25, -0.2) is 4.98 Å². The average Bonchev–Trinajstić information content (AvgIpc) is 2.37. The highest BCUT2D eigenvalue weighted by atomic mass is 32.2. The molecule has 1 atom stereocenters. The van der Waals surface area contributed by atoms with E-state index < -0.39 is 0 Å². The number of nitrogens with zero attached hydrogens (tertiary/aromatic N) is 1. The maximum absolute atomic E-state index is 5.85. The van der Waals surface area contributed by atoms with Crippen LogP contribution in [0.15, 0.2) is 11.1 Å². The summed E-state index contributed by atoms with van der Waals surface area (Å²) in [7, 11) is 0. The molecule has 1 aliphatic carbocycles. The minimum absolute atomic E-state index is 0.610. The molecule has 0 aromatic carbocycles. The summed E-state index contributed by atoms with van der Waals surface area (Å²) < 4.78 is 0. The standard InChI is InChI=1S/C14H22N2S/c1-3-10(2)17-14-12(9-15)8-11-6-4-5-7-13(11)16-14/h8,10H,3-7,9,15H2,1-2H3. The fourth-order valence-electron chi connectivity index (χ4n) is 2.18. The van der Waals surface area contributed by atoms with Crippen molar-refractivity contribution in [2.24, 2.45) is 5.73 Å². The molecule has 3 heteroatoms. The normalized spacial score (nSPS) is 16.6. The highest BCUT2D eigenvalue weighted by Crippen LogP contribution is 2.30. The van der Waals surface area contributed by atoms with Crippen LogP contribution in [0.1, 0.15) is 49.9 Å². The van der Waals surface area contributed by atoms with Crippen LogP contribution < -0.4 is 5.73 Å². The molecule has 0 saturated heterocycles. The van der Waals surface area contributed by atoms with Crippen LogP contribution in [0, 0.1) is 0 Å². The first-order valence-electron chi connectivity index (χ1n) is 6.63. The SMILES string of the molecule is CCC(C)Sc1nc2c(cc1CN)CCCC2. The van der Waals surface area contributed by atoms with Crippen molar-refractivity contribution in [1.29, 1.82) is 0 Å². The van der Waals surface area contributed by atoms with Crippen molar-refractivity contribution < 1.29 is 0 Å². The highest BCUT2D eigenvalue weighted by Gasteiger charge is 2.15. The Balaban J connectivity index is 2.29. The summed E-state index contributed by atoms with van der Waals surface area (Å²) in [5.74, 6) is 0. The molecule has 1 unspecified atom stereocenters. The number of rotatable bonds is 4. The van der Waals surface area contributed by atoms with Gasteiger partial charge in [0.2, 0.25) is 0 Å². The molecule has 1 aromatic heterocycles. The number of hydrogen-bond acceptors (Lipinski definition) is 3. The van der Waals surface area contributed by atoms with E-state index in [9.17, 15) is 0 Å². The van der Waals surface area contributed by atoms with E-state index in [2.05, 4.69) is 19.9 Å². The third-order valence-electron chi connectivity index (χ3n) is 3.45. The molecule has 0 radical (unpaired) electrons. The van der Waals surface area contributed by atoms with Crippen molar-refractivity contribution in [1.82, 2.24) is 4.98 Å². The van der Waals surface area contributed by atoms with Crippen LogP contribution in [-0.4, -0.2) is 10.2 Å². The predicted molar refractivity (Wildman–Crippen MR) is 74.4 cm³/mol. The van der Waals surface area contributed by atoms with Gasteiger partial charge in [-0.3, -0.25) is 0 Å². The van der Waals surface area contributed by atoms with E-state index in [1.54, 1.807) is 0 Å². The van der Waals surface area contributed by atoms with Gasteiger partial charge in [-0.15, -0.1) is 11.8 Å². The summed E-state index contributed by atoms with van der Waals surface area (Å²) in [6, 6.07) is 2.30. The highest BCUT2D eigenvalue weighted by molar-refractivity contribution is 7.99. The second kappa shape index (κ2) is 5.87. The number of fused-ring (bicyclic) bond motifs is 1. The Kier molecular flexibility index (Phi) is 4.46. The first-order chi connectivity index (χ1) is 8.24. The Labute approximate surface area is 108 Å². The van der Waals surface area contributed by atoms with E-state index in [0.29, 0.717) is 11.8 Å². The van der Waals surface area contributed by atoms with Crippen molar-refractivity contribution in [3.05, 3.63) is 22.9 Å². The molecule has 1 heterocycles. The lowest BCUT2D eigenvalue weighted by molar-refractivity contribution is 0.656. The minimum atomic E-state index is 0.610. The fourth-order valence-corrected chi connectivity index (χ4v) is 3.19. The van der Waals surface area contributed by atoms with Crippen LogP contribution in [0.2, 0.25) is 0 Å². The second-order valence-corrected chi connectivity index (χ2v) is 6.23. The van der Waals surface area contributed by atoms with Gasteiger partial charge in [0.15, 0.2) is 0 Å². The Morgan fingerprint density at radius 3 is 2.88 bits per heavy atom. The van der Waals surface area contributed by atoms with E-state index in [1.807, 2.05) is 11.8 Å². The fraction of sp³-hybridized carbons (Fsp3) is 0.643. The molecular formula is C14H22N2S. The van der Waals surface area contributed by atoms with Gasteiger partial charge in [0.25, 0.3) is 0 Å². The van der Waals surface area contributed by atoms with Gasteiger partial charge >= 0.3 is 0 Å². The number of thioether (sulfide) groups is 1. The third kappa shape index (κ3) is 3.02. The molecule has 2 nitrogen and oxygen atoms in total. The zero-order valence-electron chi connectivity index (χ0n) is 10.8. The third-order valence-corrected chi connectivity index (χ3v) is 4.76. The molecule has 0 spiro atoms. The van der Waals surface area contributed by atoms with Gasteiger partial charge in [0.05, 0.1) is 0 Å². The van der Waals surface area contributed by atoms with Crippen molar-refractivity contribution in [3.8, 4) is 0 Å². The largest absolute Gasteiger partial charge is 0.326 e. The molecule has 17 heavy (non-hydrogen) atoms. The lowest BCUT2D eigenvalue weighted by Crippen LogP contribution is -2.11. The Morgan fingerprint density at radius 1 is 1.41 bits per heavy atom. The number of hydrogen-bond donors (Lipinski definition) is 1. The maximum atomic E-state index is 5.85. The lowest BCUT2D eigenvalue weighted by atomic mass is 9.95. The Morgan fingerprint density at radius 2 is 2.18 bits per heavy atom. The monoisotopic (exact) mass is 250 g/mol. The topological polar surface area (TPSA) is 38.9 Å². The summed E-state index contributed by atoms with van der Waals surface area (Å²) in [4.78, 5) is 4.85. The Bertz CT molecular complexity index is 390. The van der Waals surface area contributed by atoms with Crippen LogP contribution in [0.25, 0.3) is 0 Å². The number of aryl methyl sites for hydroxylation is 2. The van der Waals surface area contributed by atoms with E-state index in [4.69, 9.17) is 10.7 Å². The van der Waals surface area contributed by atoms with Gasteiger partial charge in [0.1, 0.15) is 5.03 Å². The second-order valence-electron chi connectivity index (χ2n) is 4.81. The summed E-state index contributed by atoms with van der Waals surface area (Å²) in [5, 5.41) is 1.79. The summed E-state index contributed by atoms with van der Waals surface area (Å²) in [6.07, 6.45) is 6.09. The van der Waals surface area contributed by atoms with Gasteiger partial charge in [-0.05, 0) is 43.2 Å². The molecule has 0 saturated carbocycles. The van der Waals surface area contributed by atoms with Crippen LogP contribution in [-0.2, 0) is 19.4 Å². The van der Waals surface area contributed by atoms with Crippen molar-refractivity contribution in [2.75, 3.05) is 0 Å². The summed E-state index contributed by atoms with van der Waals surface area (Å²) in [5.41, 5.74) is 9.83. The summed E-state index contributed by atoms with van der Waals surface area (Å²) in [6.45, 7) is 5.09. The summed E-state index contributed by atoms with van der Waals surface area (Å²) >= 11 is 1.88. The van der Waals surface area contributed by atoms with Crippen molar-refractivity contribution in [3.63, 3.8) is 0 Å². The molecular weight excluding hydrogens is 228 g/mol. The van der Waals surface area contributed by atoms with Crippen molar-refractivity contribution >= 4 is 11.8 Å². The molecule has 0 aliphatic heterocycles. The number of pyridine rings is 1. The van der Waals surface area contributed by atoms with E-state index in [-0.39, 0.29) is 0 Å². The molecule has 1 aliphatic rings. The lowest BCUT2D eigenvalue weighted by Gasteiger charge is -2.19. The first-order valence-corrected chi connectivity index (χ1v) is 7.51. The maximum Gasteiger partial charge on any atom is 0.101 e. The number of nitrogens with two attached hydrogens (primary N) is 1. The van der Waals surface area contributed by atoms with Gasteiger partial charge < -0.3 is 5.73 Å². The zero-order chi connectivity index (χ0) is 12.3. The van der Waals surface area contributed by atoms with E-state index in [1.165, 1.54) is 47.5 Å². The quantitative estimate of drug-likeness (QED) is 0.833. The van der Waals surface area contributed by atoms with E-state index in [0.717, 1.165) is 6.42 Å². The van der Waals surface area contributed by atoms with Crippen LogP contribution in [0.3, 0.4) is 0 Å². The molecule has 2 rings (SSSR count). The van der Waals surface area contributed by atoms with Crippen LogP contribution in [0.4, 0.5) is 0 Å². The molecule has 0 fully saturated rings. The Hall–Kier alpha value is -0.540. The van der Waals surface area contributed by atoms with Gasteiger partial charge in [0, 0.05) is 17.5 Å². The zero-order valence-corrected chi connectivity index (χ0v) is 11.6. The molecule has 94 valence electrons.